The first-order valence-electron chi connectivity index (χ1n) is 27.1. The summed E-state index contributed by atoms with van der Waals surface area (Å²) in [6, 6.07) is 0. The van der Waals surface area contributed by atoms with Crippen molar-refractivity contribution < 1.29 is 69.0 Å². The molecule has 0 bridgehead atoms. The molecule has 0 spiro atoms. The minimum atomic E-state index is -1.73. The van der Waals surface area contributed by atoms with Crippen molar-refractivity contribution in [3.05, 3.63) is 122 Å². The number of rotatable bonds is 41. The number of ether oxygens (including phenoxy) is 6. The lowest BCUT2D eigenvalue weighted by molar-refractivity contribution is -0.332. The monoisotopic (exact) mass is 1030 g/mol. The summed E-state index contributed by atoms with van der Waals surface area (Å²) in [5.74, 6) is -0.421. The van der Waals surface area contributed by atoms with Gasteiger partial charge in [0, 0.05) is 13.0 Å². The molecule has 7 N–H and O–H groups in total. The Bertz CT molecular complexity index is 1660. The van der Waals surface area contributed by atoms with Gasteiger partial charge in [0.05, 0.1) is 26.4 Å². The standard InChI is InChI=1S/C59H94O14/c1-3-5-7-9-11-13-15-17-18-19-20-21-22-23-24-25-26-27-28-29-31-33-35-37-39-41-43-68-45-48(71-51(61)42-40-38-36-34-32-30-16-14-12-10-8-6-4-2)46-69-58-57(67)55(65)53(63)50(73-58)47-70-59-56(66)54(64)52(62)49(44-60)72-59/h5-8,11-14,17-18,20-21,23-24,26-27,29-32,48-50,52-60,62-67H,3-4,9-10,15-16,19,22,25,28,33-47H2,1-2H3/b7-5-,8-6-,13-11-,14-12-,18-17-,21-20-,24-23-,27-26-,31-29-,32-30-. The van der Waals surface area contributed by atoms with Crippen LogP contribution < -0.4 is 0 Å². The SMILES string of the molecule is CC/C=C\C/C=C\C/C=C\C/C=C\C/C=C\C/C=C\C/C=C\CCCCCCOCC(COC1OC(COC2OC(CO)C(O)C(O)C2O)C(O)C(O)C1O)OC(=O)CCCCC/C=C\C/C=C\C/C=C\CC. The zero-order valence-electron chi connectivity index (χ0n) is 44.1. The fraction of sp³-hybridized carbons (Fsp3) is 0.644. The van der Waals surface area contributed by atoms with Gasteiger partial charge in [-0.2, -0.15) is 0 Å². The third-order valence-corrected chi connectivity index (χ3v) is 12.0. The quantitative estimate of drug-likeness (QED) is 0.0173. The van der Waals surface area contributed by atoms with Crippen molar-refractivity contribution in [1.29, 1.82) is 0 Å². The zero-order chi connectivity index (χ0) is 53.0. The normalized spacial score (nSPS) is 25.9. The van der Waals surface area contributed by atoms with Gasteiger partial charge < -0.3 is 64.2 Å². The first-order valence-corrected chi connectivity index (χ1v) is 27.1. The summed E-state index contributed by atoms with van der Waals surface area (Å²) in [6.07, 6.45) is 45.5. The summed E-state index contributed by atoms with van der Waals surface area (Å²) in [7, 11) is 0. The number of unbranched alkanes of at least 4 members (excludes halogenated alkanes) is 7. The lowest BCUT2D eigenvalue weighted by Gasteiger charge is -2.42. The summed E-state index contributed by atoms with van der Waals surface area (Å²) >= 11 is 0. The largest absolute Gasteiger partial charge is 0.457 e. The van der Waals surface area contributed by atoms with E-state index in [0.29, 0.717) is 13.0 Å². The second kappa shape index (κ2) is 44.7. The molecule has 2 aliphatic heterocycles. The van der Waals surface area contributed by atoms with E-state index in [4.69, 9.17) is 28.4 Å². The van der Waals surface area contributed by atoms with E-state index in [2.05, 4.69) is 135 Å². The van der Waals surface area contributed by atoms with E-state index in [1.165, 1.54) is 0 Å². The Kier molecular flexibility index (Phi) is 40.1. The summed E-state index contributed by atoms with van der Waals surface area (Å²) in [5.41, 5.74) is 0. The average molecular weight is 1030 g/mol. The fourth-order valence-corrected chi connectivity index (χ4v) is 7.63. The van der Waals surface area contributed by atoms with Crippen LogP contribution in [0.4, 0.5) is 0 Å². The molecule has 11 unspecified atom stereocenters. The number of aliphatic hydroxyl groups is 7. The molecule has 0 aliphatic carbocycles. The summed E-state index contributed by atoms with van der Waals surface area (Å²) < 4.78 is 34.2. The van der Waals surface area contributed by atoms with Gasteiger partial charge in [0.1, 0.15) is 54.9 Å². The molecule has 73 heavy (non-hydrogen) atoms. The lowest BCUT2D eigenvalue weighted by atomic mass is 9.98. The Labute approximate surface area is 437 Å². The summed E-state index contributed by atoms with van der Waals surface area (Å²) in [5, 5.41) is 72.2. The highest BCUT2D eigenvalue weighted by atomic mass is 16.7. The van der Waals surface area contributed by atoms with Gasteiger partial charge in [-0.15, -0.1) is 0 Å². The van der Waals surface area contributed by atoms with E-state index in [9.17, 15) is 40.5 Å². The number of hydrogen-bond acceptors (Lipinski definition) is 14. The minimum Gasteiger partial charge on any atom is -0.457 e. The Morgan fingerprint density at radius 2 is 0.849 bits per heavy atom. The van der Waals surface area contributed by atoms with E-state index >= 15 is 0 Å². The molecule has 0 aromatic heterocycles. The van der Waals surface area contributed by atoms with Crippen LogP contribution in [-0.4, -0.2) is 142 Å². The van der Waals surface area contributed by atoms with Gasteiger partial charge in [-0.05, 0) is 103 Å². The molecule has 2 heterocycles. The molecule has 0 radical (unpaired) electrons. The molecule has 0 amide bonds. The molecule has 14 heteroatoms. The Morgan fingerprint density at radius 3 is 1.32 bits per heavy atom. The van der Waals surface area contributed by atoms with Crippen LogP contribution in [0.1, 0.15) is 142 Å². The van der Waals surface area contributed by atoms with E-state index in [1.807, 2.05) is 0 Å². The van der Waals surface area contributed by atoms with Crippen molar-refractivity contribution >= 4 is 5.97 Å². The van der Waals surface area contributed by atoms with Crippen molar-refractivity contribution in [2.75, 3.05) is 33.0 Å². The van der Waals surface area contributed by atoms with E-state index in [1.54, 1.807) is 0 Å². The molecule has 2 fully saturated rings. The maximum Gasteiger partial charge on any atom is 0.306 e. The number of aliphatic hydroxyl groups excluding tert-OH is 7. The highest BCUT2D eigenvalue weighted by molar-refractivity contribution is 5.69. The highest BCUT2D eigenvalue weighted by Crippen LogP contribution is 2.26. The third kappa shape index (κ3) is 31.8. The molecule has 0 aromatic carbocycles. The molecule has 0 saturated carbocycles. The topological polar surface area (TPSA) is 214 Å². The number of allylic oxidation sites excluding steroid dienone is 20. The van der Waals surface area contributed by atoms with Gasteiger partial charge in [0.15, 0.2) is 12.6 Å². The van der Waals surface area contributed by atoms with Gasteiger partial charge in [-0.25, -0.2) is 0 Å². The number of hydrogen-bond donors (Lipinski definition) is 7. The summed E-state index contributed by atoms with van der Waals surface area (Å²) in [4.78, 5) is 13.0. The number of carbonyl (C=O) groups excluding carboxylic acids is 1. The van der Waals surface area contributed by atoms with Gasteiger partial charge in [0.2, 0.25) is 0 Å². The Hall–Kier alpha value is -3.61. The van der Waals surface area contributed by atoms with E-state index in [0.717, 1.165) is 116 Å². The van der Waals surface area contributed by atoms with Crippen molar-refractivity contribution in [2.45, 2.75) is 210 Å². The zero-order valence-corrected chi connectivity index (χ0v) is 44.1. The highest BCUT2D eigenvalue weighted by Gasteiger charge is 2.47. The van der Waals surface area contributed by atoms with Gasteiger partial charge in [-0.3, -0.25) is 4.79 Å². The van der Waals surface area contributed by atoms with Crippen LogP contribution in [0.25, 0.3) is 0 Å². The van der Waals surface area contributed by atoms with Crippen LogP contribution in [0, 0.1) is 0 Å². The summed E-state index contributed by atoms with van der Waals surface area (Å²) in [6.45, 7) is 3.31. The van der Waals surface area contributed by atoms with Crippen molar-refractivity contribution in [3.63, 3.8) is 0 Å². The van der Waals surface area contributed by atoms with Crippen LogP contribution in [0.3, 0.4) is 0 Å². The van der Waals surface area contributed by atoms with Crippen LogP contribution in [0.15, 0.2) is 122 Å². The second-order valence-corrected chi connectivity index (χ2v) is 18.3. The maximum absolute atomic E-state index is 13.0. The maximum atomic E-state index is 13.0. The third-order valence-electron chi connectivity index (χ3n) is 12.0. The molecule has 2 aliphatic rings. The second-order valence-electron chi connectivity index (χ2n) is 18.3. The number of carbonyl (C=O) groups is 1. The molecule has 2 rings (SSSR count). The predicted molar refractivity (Wildman–Crippen MR) is 288 cm³/mol. The first-order chi connectivity index (χ1) is 35.6. The van der Waals surface area contributed by atoms with Crippen LogP contribution in [-0.2, 0) is 33.2 Å². The molecule has 14 nitrogen and oxygen atoms in total. The Balaban J connectivity index is 1.74. The lowest BCUT2D eigenvalue weighted by Crippen LogP contribution is -2.61. The van der Waals surface area contributed by atoms with Crippen LogP contribution >= 0.6 is 0 Å². The fourth-order valence-electron chi connectivity index (χ4n) is 7.63. The molecule has 0 aromatic rings. The minimum absolute atomic E-state index is 0.0227. The number of esters is 1. The van der Waals surface area contributed by atoms with E-state index in [-0.39, 0.29) is 19.6 Å². The first kappa shape index (κ1) is 65.5. The molecular formula is C59H94O14. The predicted octanol–water partition coefficient (Wildman–Crippen LogP) is 8.96. The molecule has 2 saturated heterocycles. The molecular weight excluding hydrogens is 933 g/mol. The Morgan fingerprint density at radius 1 is 0.452 bits per heavy atom. The van der Waals surface area contributed by atoms with Crippen molar-refractivity contribution in [3.8, 4) is 0 Å². The van der Waals surface area contributed by atoms with Gasteiger partial charge in [0.25, 0.3) is 0 Å². The molecule has 414 valence electrons. The van der Waals surface area contributed by atoms with Gasteiger partial charge in [-0.1, -0.05) is 155 Å². The average Bonchev–Trinajstić information content (AvgIpc) is 3.39. The van der Waals surface area contributed by atoms with E-state index < -0.39 is 86.7 Å². The van der Waals surface area contributed by atoms with Crippen molar-refractivity contribution in [2.24, 2.45) is 0 Å². The van der Waals surface area contributed by atoms with Crippen molar-refractivity contribution in [1.82, 2.24) is 0 Å². The van der Waals surface area contributed by atoms with Gasteiger partial charge >= 0.3 is 5.97 Å². The smallest absolute Gasteiger partial charge is 0.306 e. The van der Waals surface area contributed by atoms with Crippen LogP contribution in [0.2, 0.25) is 0 Å². The van der Waals surface area contributed by atoms with Crippen LogP contribution in [0.5, 0.6) is 0 Å². The molecule has 11 atom stereocenters.